The smallest absolute Gasteiger partial charge is 0.284 e. The molecule has 7 heteroatoms. The van der Waals surface area contributed by atoms with Crippen molar-refractivity contribution >= 4 is 12.1 Å². The van der Waals surface area contributed by atoms with Gasteiger partial charge >= 0.3 is 0 Å². The zero-order valence-corrected chi connectivity index (χ0v) is 16.1. The van der Waals surface area contributed by atoms with Crippen molar-refractivity contribution in [3.8, 4) is 17.2 Å². The van der Waals surface area contributed by atoms with Crippen molar-refractivity contribution in [3.05, 3.63) is 77.4 Å². The number of nitrogens with zero attached hydrogens (tertiary/aromatic N) is 2. The minimum Gasteiger partial charge on any atom is -0.485 e. The molecule has 2 heterocycles. The summed E-state index contributed by atoms with van der Waals surface area (Å²) in [6.45, 7) is 4.02. The van der Waals surface area contributed by atoms with Crippen LogP contribution < -0.4 is 14.9 Å². The van der Waals surface area contributed by atoms with Gasteiger partial charge in [0.2, 0.25) is 6.10 Å². The number of carbonyl (C=O) groups excluding carboxylic acids is 1. The van der Waals surface area contributed by atoms with Gasteiger partial charge in [-0.1, -0.05) is 12.1 Å². The van der Waals surface area contributed by atoms with Crippen molar-refractivity contribution in [1.29, 1.82) is 0 Å². The molecule has 0 saturated carbocycles. The molecule has 0 fully saturated rings. The molecule has 148 valence electrons. The van der Waals surface area contributed by atoms with E-state index in [4.69, 9.17) is 9.47 Å². The van der Waals surface area contributed by atoms with Crippen LogP contribution in [0.1, 0.15) is 17.0 Å². The first-order valence-electron chi connectivity index (χ1n) is 9.19. The Bertz CT molecular complexity index is 1070. The number of rotatable bonds is 4. The van der Waals surface area contributed by atoms with Gasteiger partial charge in [0, 0.05) is 22.6 Å². The lowest BCUT2D eigenvalue weighted by molar-refractivity contribution is -0.130. The summed E-state index contributed by atoms with van der Waals surface area (Å²) in [5, 5.41) is 4.06. The quantitative estimate of drug-likeness (QED) is 0.545. The first-order chi connectivity index (χ1) is 14.0. The molecular formula is C22H20FN3O3. The third-order valence-corrected chi connectivity index (χ3v) is 4.73. The number of aromatic nitrogens is 1. The van der Waals surface area contributed by atoms with Gasteiger partial charge in [0.1, 0.15) is 12.4 Å². The van der Waals surface area contributed by atoms with Gasteiger partial charge < -0.3 is 14.0 Å². The number of para-hydroxylation sites is 2. The Hall–Kier alpha value is -3.61. The average Bonchev–Trinajstić information content (AvgIpc) is 3.01. The number of hydrogen-bond acceptors (Lipinski definition) is 4. The maximum Gasteiger partial charge on any atom is 0.284 e. The number of carbonyl (C=O) groups is 1. The van der Waals surface area contributed by atoms with Crippen LogP contribution in [0.15, 0.2) is 59.7 Å². The predicted molar refractivity (Wildman–Crippen MR) is 107 cm³/mol. The highest BCUT2D eigenvalue weighted by Gasteiger charge is 2.27. The molecule has 0 spiro atoms. The fourth-order valence-electron chi connectivity index (χ4n) is 3.29. The van der Waals surface area contributed by atoms with Gasteiger partial charge in [-0.3, -0.25) is 4.79 Å². The zero-order valence-electron chi connectivity index (χ0n) is 16.1. The highest BCUT2D eigenvalue weighted by atomic mass is 19.1. The molecule has 1 amide bonds. The molecule has 4 rings (SSSR count). The second kappa shape index (κ2) is 7.79. The lowest BCUT2D eigenvalue weighted by Crippen LogP contribution is -2.42. The van der Waals surface area contributed by atoms with Crippen LogP contribution >= 0.6 is 0 Å². The Labute approximate surface area is 167 Å². The van der Waals surface area contributed by atoms with Crippen molar-refractivity contribution in [2.45, 2.75) is 20.0 Å². The van der Waals surface area contributed by atoms with Crippen LogP contribution in [0.25, 0.3) is 5.69 Å². The SMILES string of the molecule is Cc1cc(/C=N\NC(=O)[C@H]2COc3ccccc3O2)c(C)n1-c1ccc(F)cc1. The largest absolute Gasteiger partial charge is 0.485 e. The normalized spacial score (nSPS) is 15.5. The third-order valence-electron chi connectivity index (χ3n) is 4.73. The zero-order chi connectivity index (χ0) is 20.4. The van der Waals surface area contributed by atoms with Crippen LogP contribution in [0.2, 0.25) is 0 Å². The summed E-state index contributed by atoms with van der Waals surface area (Å²) in [5.74, 6) is 0.486. The minimum atomic E-state index is -0.770. The molecule has 1 aromatic heterocycles. The number of hydrazone groups is 1. The summed E-state index contributed by atoms with van der Waals surface area (Å²) in [6.07, 6.45) is 0.812. The van der Waals surface area contributed by atoms with Gasteiger partial charge in [-0.05, 0) is 56.3 Å². The van der Waals surface area contributed by atoms with Gasteiger partial charge in [0.05, 0.1) is 6.21 Å². The Morgan fingerprint density at radius 2 is 1.90 bits per heavy atom. The van der Waals surface area contributed by atoms with Crippen molar-refractivity contribution in [2.75, 3.05) is 6.61 Å². The van der Waals surface area contributed by atoms with Gasteiger partial charge in [0.25, 0.3) is 5.91 Å². The lowest BCUT2D eigenvalue weighted by atomic mass is 10.2. The first kappa shape index (κ1) is 18.7. The molecule has 0 aliphatic carbocycles. The topological polar surface area (TPSA) is 64.8 Å². The van der Waals surface area contributed by atoms with Crippen molar-refractivity contribution in [3.63, 3.8) is 0 Å². The molecule has 0 saturated heterocycles. The molecule has 0 unspecified atom stereocenters. The monoisotopic (exact) mass is 393 g/mol. The van der Waals surface area contributed by atoms with Crippen molar-refractivity contribution < 1.29 is 18.7 Å². The molecule has 3 aromatic rings. The van der Waals surface area contributed by atoms with Gasteiger partial charge in [-0.25, -0.2) is 9.82 Å². The van der Waals surface area contributed by atoms with E-state index in [0.717, 1.165) is 22.6 Å². The van der Waals surface area contributed by atoms with E-state index in [2.05, 4.69) is 10.5 Å². The van der Waals surface area contributed by atoms with E-state index in [1.807, 2.05) is 36.6 Å². The van der Waals surface area contributed by atoms with Gasteiger partial charge in [-0.15, -0.1) is 0 Å². The Kier molecular flexibility index (Phi) is 5.03. The number of aryl methyl sites for hydroxylation is 1. The fourth-order valence-corrected chi connectivity index (χ4v) is 3.29. The van der Waals surface area contributed by atoms with E-state index in [9.17, 15) is 9.18 Å². The molecule has 29 heavy (non-hydrogen) atoms. The van der Waals surface area contributed by atoms with E-state index in [-0.39, 0.29) is 18.3 Å². The highest BCUT2D eigenvalue weighted by Crippen LogP contribution is 2.30. The van der Waals surface area contributed by atoms with E-state index in [1.54, 1.807) is 30.5 Å². The van der Waals surface area contributed by atoms with E-state index < -0.39 is 6.10 Å². The second-order valence-electron chi connectivity index (χ2n) is 6.74. The molecule has 1 atom stereocenters. The first-order valence-corrected chi connectivity index (χ1v) is 9.19. The van der Waals surface area contributed by atoms with Crippen LogP contribution in [-0.2, 0) is 4.79 Å². The molecule has 2 aromatic carbocycles. The van der Waals surface area contributed by atoms with Crippen LogP contribution in [0.3, 0.4) is 0 Å². The summed E-state index contributed by atoms with van der Waals surface area (Å²) in [4.78, 5) is 12.3. The van der Waals surface area contributed by atoms with Crippen LogP contribution in [0, 0.1) is 19.7 Å². The Morgan fingerprint density at radius 1 is 1.17 bits per heavy atom. The standard InChI is InChI=1S/C22H20FN3O3/c1-14-11-16(15(2)26(14)18-9-7-17(23)8-10-18)12-24-25-22(27)21-13-28-19-5-3-4-6-20(19)29-21/h3-12,21H,13H2,1-2H3,(H,25,27)/b24-12-/t21-/m1/s1. The summed E-state index contributed by atoms with van der Waals surface area (Å²) in [5.41, 5.74) is 6.11. The van der Waals surface area contributed by atoms with Crippen LogP contribution in [0.4, 0.5) is 4.39 Å². The van der Waals surface area contributed by atoms with E-state index >= 15 is 0 Å². The van der Waals surface area contributed by atoms with Crippen LogP contribution in [-0.4, -0.2) is 29.4 Å². The van der Waals surface area contributed by atoms with Gasteiger partial charge in [0.15, 0.2) is 11.5 Å². The van der Waals surface area contributed by atoms with Gasteiger partial charge in [-0.2, -0.15) is 5.10 Å². The third kappa shape index (κ3) is 3.85. The fraction of sp³-hybridized carbons (Fsp3) is 0.182. The molecule has 0 radical (unpaired) electrons. The Morgan fingerprint density at radius 3 is 2.66 bits per heavy atom. The molecule has 0 bridgehead atoms. The maximum atomic E-state index is 13.2. The molecule has 1 aliphatic heterocycles. The summed E-state index contributed by atoms with van der Waals surface area (Å²) in [7, 11) is 0. The number of ether oxygens (including phenoxy) is 2. The maximum absolute atomic E-state index is 13.2. The summed E-state index contributed by atoms with van der Waals surface area (Å²) < 4.78 is 26.4. The summed E-state index contributed by atoms with van der Waals surface area (Å²) in [6, 6.07) is 15.4. The molecular weight excluding hydrogens is 373 g/mol. The Balaban J connectivity index is 1.44. The van der Waals surface area contributed by atoms with Crippen LogP contribution in [0.5, 0.6) is 11.5 Å². The number of hydrogen-bond donors (Lipinski definition) is 1. The number of benzene rings is 2. The number of nitrogens with one attached hydrogen (secondary N) is 1. The minimum absolute atomic E-state index is 0.122. The second-order valence-corrected chi connectivity index (χ2v) is 6.74. The number of amides is 1. The highest BCUT2D eigenvalue weighted by molar-refractivity contribution is 5.86. The van der Waals surface area contributed by atoms with E-state index in [0.29, 0.717) is 11.5 Å². The predicted octanol–water partition coefficient (Wildman–Crippen LogP) is 3.52. The van der Waals surface area contributed by atoms with Crippen molar-refractivity contribution in [1.82, 2.24) is 9.99 Å². The lowest BCUT2D eigenvalue weighted by Gasteiger charge is -2.24. The average molecular weight is 393 g/mol. The van der Waals surface area contributed by atoms with E-state index in [1.165, 1.54) is 12.1 Å². The molecule has 1 aliphatic rings. The number of halogens is 1. The summed E-state index contributed by atoms with van der Waals surface area (Å²) >= 11 is 0. The molecule has 1 N–H and O–H groups in total. The number of fused-ring (bicyclic) bond motifs is 1. The van der Waals surface area contributed by atoms with Crippen molar-refractivity contribution in [2.24, 2.45) is 5.10 Å². The molecule has 6 nitrogen and oxygen atoms in total.